The number of rotatable bonds is 2. The van der Waals surface area contributed by atoms with Gasteiger partial charge in [-0.05, 0) is 33.7 Å². The summed E-state index contributed by atoms with van der Waals surface area (Å²) < 4.78 is 1.81. The molecule has 0 bridgehead atoms. The van der Waals surface area contributed by atoms with Gasteiger partial charge >= 0.3 is 0 Å². The average molecular weight is 236 g/mol. The molecule has 1 aromatic rings. The molecule has 94 valence electrons. The summed E-state index contributed by atoms with van der Waals surface area (Å²) in [7, 11) is 0. The number of carbonyl (C=O) groups excluding carboxylic acids is 1. The van der Waals surface area contributed by atoms with Gasteiger partial charge in [-0.15, -0.1) is 0 Å². The number of amides is 1. The van der Waals surface area contributed by atoms with Crippen LogP contribution in [0, 0.1) is 0 Å². The van der Waals surface area contributed by atoms with Crippen LogP contribution in [0.25, 0.3) is 0 Å². The van der Waals surface area contributed by atoms with Crippen LogP contribution in [-0.2, 0) is 5.54 Å². The van der Waals surface area contributed by atoms with E-state index in [1.165, 1.54) is 0 Å². The Bertz CT molecular complexity index is 399. The summed E-state index contributed by atoms with van der Waals surface area (Å²) >= 11 is 0. The van der Waals surface area contributed by atoms with Crippen LogP contribution >= 0.6 is 0 Å². The highest BCUT2D eigenvalue weighted by Gasteiger charge is 2.20. The molecule has 1 unspecified atom stereocenters. The summed E-state index contributed by atoms with van der Waals surface area (Å²) in [6.45, 7) is 8.01. The molecule has 0 radical (unpaired) electrons. The monoisotopic (exact) mass is 236 g/mol. The first-order valence-electron chi connectivity index (χ1n) is 6.03. The second kappa shape index (κ2) is 4.49. The quantitative estimate of drug-likeness (QED) is 0.796. The molecule has 2 heterocycles. The first kappa shape index (κ1) is 12.1. The second-order valence-corrected chi connectivity index (χ2v) is 5.51. The molecule has 5 nitrogen and oxygen atoms in total. The Morgan fingerprint density at radius 2 is 2.35 bits per heavy atom. The minimum absolute atomic E-state index is 0.0331. The van der Waals surface area contributed by atoms with E-state index in [4.69, 9.17) is 0 Å². The summed E-state index contributed by atoms with van der Waals surface area (Å²) in [5, 5.41) is 10.5. The van der Waals surface area contributed by atoms with Crippen molar-refractivity contribution in [3.05, 3.63) is 18.0 Å². The fraction of sp³-hybridized carbons (Fsp3) is 0.667. The third kappa shape index (κ3) is 2.85. The molecule has 2 rings (SSSR count). The molecule has 0 saturated carbocycles. The second-order valence-electron chi connectivity index (χ2n) is 5.51. The maximum absolute atomic E-state index is 11.9. The fourth-order valence-corrected chi connectivity index (χ4v) is 1.85. The molecule has 17 heavy (non-hydrogen) atoms. The lowest BCUT2D eigenvalue weighted by molar-refractivity contribution is 0.0940. The van der Waals surface area contributed by atoms with Gasteiger partial charge in [-0.25, -0.2) is 0 Å². The number of nitrogens with one attached hydrogen (secondary N) is 2. The lowest BCUT2D eigenvalue weighted by Gasteiger charge is -2.18. The van der Waals surface area contributed by atoms with Crippen molar-refractivity contribution in [1.82, 2.24) is 20.4 Å². The van der Waals surface area contributed by atoms with E-state index < -0.39 is 0 Å². The predicted octanol–water partition coefficient (Wildman–Crippen LogP) is 0.730. The molecule has 0 aromatic carbocycles. The number of carbonyl (C=O) groups is 1. The van der Waals surface area contributed by atoms with Crippen molar-refractivity contribution in [3.8, 4) is 0 Å². The molecule has 1 aliphatic rings. The SMILES string of the molecule is CC(C)(C)n1cc(C(=O)NC2CCNC2)cn1. The molecular formula is C12H20N4O. The van der Waals surface area contributed by atoms with Gasteiger partial charge in [0.25, 0.3) is 5.91 Å². The highest BCUT2D eigenvalue weighted by atomic mass is 16.1. The molecule has 2 N–H and O–H groups in total. The highest BCUT2D eigenvalue weighted by Crippen LogP contribution is 2.13. The van der Waals surface area contributed by atoms with Gasteiger partial charge in [0.05, 0.1) is 17.3 Å². The summed E-state index contributed by atoms with van der Waals surface area (Å²) in [6.07, 6.45) is 4.43. The standard InChI is InChI=1S/C12H20N4O/c1-12(2,3)16-8-9(6-14-16)11(17)15-10-4-5-13-7-10/h6,8,10,13H,4-5,7H2,1-3H3,(H,15,17). The Kier molecular flexibility index (Phi) is 3.19. The topological polar surface area (TPSA) is 59.0 Å². The van der Waals surface area contributed by atoms with E-state index in [-0.39, 0.29) is 17.5 Å². The van der Waals surface area contributed by atoms with Gasteiger partial charge in [0.15, 0.2) is 0 Å². The fourth-order valence-electron chi connectivity index (χ4n) is 1.85. The zero-order valence-corrected chi connectivity index (χ0v) is 10.7. The van der Waals surface area contributed by atoms with Gasteiger partial charge in [-0.3, -0.25) is 9.48 Å². The van der Waals surface area contributed by atoms with E-state index in [2.05, 4.69) is 36.5 Å². The Morgan fingerprint density at radius 1 is 1.59 bits per heavy atom. The Balaban J connectivity index is 2.01. The molecule has 5 heteroatoms. The van der Waals surface area contributed by atoms with Crippen molar-refractivity contribution in [3.63, 3.8) is 0 Å². The summed E-state index contributed by atoms with van der Waals surface area (Å²) in [5.41, 5.74) is 0.541. The normalized spacial score (nSPS) is 20.5. The van der Waals surface area contributed by atoms with Crippen LogP contribution in [0.4, 0.5) is 0 Å². The molecule has 1 atom stereocenters. The zero-order valence-electron chi connectivity index (χ0n) is 10.7. The van der Waals surface area contributed by atoms with E-state index in [9.17, 15) is 4.79 Å². The molecule has 1 aromatic heterocycles. The molecular weight excluding hydrogens is 216 g/mol. The van der Waals surface area contributed by atoms with Crippen LogP contribution in [0.3, 0.4) is 0 Å². The maximum Gasteiger partial charge on any atom is 0.254 e. The van der Waals surface area contributed by atoms with Crippen LogP contribution in [0.5, 0.6) is 0 Å². The summed E-state index contributed by atoms with van der Waals surface area (Å²) in [6, 6.07) is 0.250. The smallest absolute Gasteiger partial charge is 0.254 e. The van der Waals surface area contributed by atoms with Crippen LogP contribution < -0.4 is 10.6 Å². The summed E-state index contributed by atoms with van der Waals surface area (Å²) in [5.74, 6) is -0.0331. The van der Waals surface area contributed by atoms with E-state index >= 15 is 0 Å². The molecule has 1 fully saturated rings. The van der Waals surface area contributed by atoms with Crippen molar-refractivity contribution in [1.29, 1.82) is 0 Å². The van der Waals surface area contributed by atoms with Crippen LogP contribution in [-0.4, -0.2) is 34.8 Å². The molecule has 0 spiro atoms. The van der Waals surface area contributed by atoms with Crippen molar-refractivity contribution < 1.29 is 4.79 Å². The lowest BCUT2D eigenvalue weighted by atomic mass is 10.1. The predicted molar refractivity (Wildman–Crippen MR) is 66.0 cm³/mol. The van der Waals surface area contributed by atoms with Crippen molar-refractivity contribution in [2.45, 2.75) is 38.8 Å². The molecule has 1 aliphatic heterocycles. The van der Waals surface area contributed by atoms with E-state index in [1.54, 1.807) is 12.4 Å². The third-order valence-electron chi connectivity index (χ3n) is 2.93. The number of hydrogen-bond acceptors (Lipinski definition) is 3. The van der Waals surface area contributed by atoms with Gasteiger partial charge in [0.1, 0.15) is 0 Å². The maximum atomic E-state index is 11.9. The van der Waals surface area contributed by atoms with E-state index in [1.807, 2.05) is 4.68 Å². The number of nitrogens with zero attached hydrogens (tertiary/aromatic N) is 2. The number of hydrogen-bond donors (Lipinski definition) is 2. The van der Waals surface area contributed by atoms with Crippen molar-refractivity contribution in [2.24, 2.45) is 0 Å². The zero-order chi connectivity index (χ0) is 12.5. The minimum Gasteiger partial charge on any atom is -0.348 e. The Hall–Kier alpha value is -1.36. The first-order chi connectivity index (χ1) is 7.97. The van der Waals surface area contributed by atoms with Gasteiger partial charge in [-0.1, -0.05) is 0 Å². The minimum atomic E-state index is -0.0898. The van der Waals surface area contributed by atoms with Crippen molar-refractivity contribution in [2.75, 3.05) is 13.1 Å². The van der Waals surface area contributed by atoms with Gasteiger partial charge in [0, 0.05) is 18.8 Å². The Morgan fingerprint density at radius 3 is 2.88 bits per heavy atom. The first-order valence-corrected chi connectivity index (χ1v) is 6.03. The molecule has 0 aliphatic carbocycles. The molecule has 1 amide bonds. The molecule has 1 saturated heterocycles. The highest BCUT2D eigenvalue weighted by molar-refractivity contribution is 5.93. The van der Waals surface area contributed by atoms with Crippen LogP contribution in [0.2, 0.25) is 0 Å². The van der Waals surface area contributed by atoms with Gasteiger partial charge < -0.3 is 10.6 Å². The van der Waals surface area contributed by atoms with Crippen molar-refractivity contribution >= 4 is 5.91 Å². The van der Waals surface area contributed by atoms with Crippen LogP contribution in [0.15, 0.2) is 12.4 Å². The third-order valence-corrected chi connectivity index (χ3v) is 2.93. The summed E-state index contributed by atoms with van der Waals surface area (Å²) in [4.78, 5) is 11.9. The largest absolute Gasteiger partial charge is 0.348 e. The van der Waals surface area contributed by atoms with E-state index in [0.29, 0.717) is 5.56 Å². The number of aromatic nitrogens is 2. The average Bonchev–Trinajstić information content (AvgIpc) is 2.85. The lowest BCUT2D eigenvalue weighted by Crippen LogP contribution is -2.36. The van der Waals surface area contributed by atoms with Gasteiger partial charge in [-0.2, -0.15) is 5.10 Å². The van der Waals surface area contributed by atoms with E-state index in [0.717, 1.165) is 19.5 Å². The Labute approximate surface area is 102 Å². The van der Waals surface area contributed by atoms with Crippen LogP contribution in [0.1, 0.15) is 37.6 Å². The van der Waals surface area contributed by atoms with Gasteiger partial charge in [0.2, 0.25) is 0 Å².